The van der Waals surface area contributed by atoms with Crippen LogP contribution in [-0.2, 0) is 27.5 Å². The minimum Gasteiger partial charge on any atom is -0.350 e. The van der Waals surface area contributed by atoms with Gasteiger partial charge >= 0.3 is 6.18 Å². The highest BCUT2D eigenvalue weighted by atomic mass is 32.2. The number of carbonyl (C=O) groups is 1. The Balaban J connectivity index is 2.26. The van der Waals surface area contributed by atoms with Gasteiger partial charge in [-0.1, -0.05) is 31.2 Å². The van der Waals surface area contributed by atoms with E-state index in [1.165, 1.54) is 30.3 Å². The molecule has 0 unspecified atom stereocenters. The molecule has 1 N–H and O–H groups in total. The van der Waals surface area contributed by atoms with Crippen LogP contribution in [0.15, 0.2) is 48.5 Å². The second-order valence-electron chi connectivity index (χ2n) is 6.35. The molecule has 0 aromatic heterocycles. The Morgan fingerprint density at radius 1 is 1.14 bits per heavy atom. The molecule has 1 amide bonds. The average Bonchev–Trinajstić information content (AvgIpc) is 2.63. The van der Waals surface area contributed by atoms with Gasteiger partial charge in [0.25, 0.3) is 0 Å². The molecular formula is C19H20F4N2O3S. The van der Waals surface area contributed by atoms with Crippen LogP contribution in [0.3, 0.4) is 0 Å². The predicted molar refractivity (Wildman–Crippen MR) is 101 cm³/mol. The van der Waals surface area contributed by atoms with E-state index in [9.17, 15) is 30.8 Å². The van der Waals surface area contributed by atoms with Crippen LogP contribution in [0.5, 0.6) is 0 Å². The molecule has 2 rings (SSSR count). The van der Waals surface area contributed by atoms with Gasteiger partial charge in [0.2, 0.25) is 15.9 Å². The van der Waals surface area contributed by atoms with E-state index in [4.69, 9.17) is 0 Å². The quantitative estimate of drug-likeness (QED) is 0.679. The number of halogens is 4. The fraction of sp³-hybridized carbons (Fsp3) is 0.316. The van der Waals surface area contributed by atoms with Crippen LogP contribution in [0, 0.1) is 5.82 Å². The van der Waals surface area contributed by atoms with Crippen LogP contribution in [0.1, 0.15) is 24.5 Å². The van der Waals surface area contributed by atoms with E-state index >= 15 is 0 Å². The van der Waals surface area contributed by atoms with E-state index in [0.717, 1.165) is 24.5 Å². The van der Waals surface area contributed by atoms with Crippen molar-refractivity contribution in [3.05, 3.63) is 65.5 Å². The normalized spacial score (nSPS) is 13.0. The average molecular weight is 432 g/mol. The zero-order valence-corrected chi connectivity index (χ0v) is 16.5. The van der Waals surface area contributed by atoms with Gasteiger partial charge in [0, 0.05) is 6.54 Å². The minimum absolute atomic E-state index is 0.0236. The van der Waals surface area contributed by atoms with E-state index in [1.54, 1.807) is 6.92 Å². The van der Waals surface area contributed by atoms with Crippen molar-refractivity contribution in [1.82, 2.24) is 5.32 Å². The third kappa shape index (κ3) is 5.69. The summed E-state index contributed by atoms with van der Waals surface area (Å²) in [7, 11) is -4.02. The summed E-state index contributed by atoms with van der Waals surface area (Å²) >= 11 is 0. The number of nitrogens with one attached hydrogen (secondary N) is 1. The molecule has 0 heterocycles. The molecule has 2 aromatic rings. The molecule has 0 radical (unpaired) electrons. The Morgan fingerprint density at radius 3 is 2.34 bits per heavy atom. The van der Waals surface area contributed by atoms with Crippen LogP contribution in [0.25, 0.3) is 0 Å². The van der Waals surface area contributed by atoms with Gasteiger partial charge < -0.3 is 5.32 Å². The minimum atomic E-state index is -4.52. The van der Waals surface area contributed by atoms with Crippen LogP contribution in [-0.4, -0.2) is 26.6 Å². The number of para-hydroxylation sites is 1. The fourth-order valence-corrected chi connectivity index (χ4v) is 4.04. The first-order chi connectivity index (χ1) is 13.4. The zero-order chi connectivity index (χ0) is 21.8. The van der Waals surface area contributed by atoms with Crippen LogP contribution in [0.4, 0.5) is 23.2 Å². The maximum atomic E-state index is 14.2. The maximum Gasteiger partial charge on any atom is 0.416 e. The van der Waals surface area contributed by atoms with E-state index in [2.05, 4.69) is 5.32 Å². The molecule has 0 spiro atoms. The van der Waals surface area contributed by atoms with Gasteiger partial charge in [-0.15, -0.1) is 0 Å². The molecule has 0 aliphatic carbocycles. The van der Waals surface area contributed by atoms with Gasteiger partial charge in [0.05, 0.1) is 17.5 Å². The number of benzene rings is 2. The van der Waals surface area contributed by atoms with Crippen molar-refractivity contribution in [1.29, 1.82) is 0 Å². The largest absolute Gasteiger partial charge is 0.416 e. The van der Waals surface area contributed by atoms with Gasteiger partial charge in [-0.3, -0.25) is 9.10 Å². The second kappa shape index (κ2) is 8.81. The molecular weight excluding hydrogens is 412 g/mol. The molecule has 0 aliphatic heterocycles. The summed E-state index contributed by atoms with van der Waals surface area (Å²) in [6.07, 6.45) is -3.65. The Hall–Kier alpha value is -2.62. The lowest BCUT2D eigenvalue weighted by Crippen LogP contribution is -2.49. The molecule has 0 bridgehead atoms. The highest BCUT2D eigenvalue weighted by Crippen LogP contribution is 2.29. The van der Waals surface area contributed by atoms with E-state index in [1.807, 2.05) is 0 Å². The zero-order valence-electron chi connectivity index (χ0n) is 15.7. The van der Waals surface area contributed by atoms with E-state index < -0.39 is 39.5 Å². The van der Waals surface area contributed by atoms with Crippen molar-refractivity contribution in [2.24, 2.45) is 0 Å². The molecule has 0 fully saturated rings. The number of alkyl halides is 3. The summed E-state index contributed by atoms with van der Waals surface area (Å²) in [5, 5.41) is 2.44. The highest BCUT2D eigenvalue weighted by molar-refractivity contribution is 7.92. The standard InChI is InChI=1S/C19H20F4N2O3S/c1-3-16(25(29(2,27)28)17-10-5-4-9-15(17)20)18(26)24-12-13-7-6-8-14(11-13)19(21,22)23/h4-11,16H,3,12H2,1-2H3,(H,24,26)/t16-/m0/s1. The van der Waals surface area contributed by atoms with Crippen molar-refractivity contribution in [3.8, 4) is 0 Å². The smallest absolute Gasteiger partial charge is 0.350 e. The summed E-state index contributed by atoms with van der Waals surface area (Å²) in [4.78, 5) is 12.6. The number of sulfonamides is 1. The topological polar surface area (TPSA) is 66.5 Å². The SMILES string of the molecule is CC[C@@H](C(=O)NCc1cccc(C(F)(F)F)c1)N(c1ccccc1F)S(C)(=O)=O. The summed E-state index contributed by atoms with van der Waals surface area (Å²) in [6, 6.07) is 8.27. The predicted octanol–water partition coefficient (Wildman–Crippen LogP) is 3.71. The second-order valence-corrected chi connectivity index (χ2v) is 8.21. The van der Waals surface area contributed by atoms with Gasteiger partial charge in [-0.05, 0) is 36.2 Å². The lowest BCUT2D eigenvalue weighted by atomic mass is 10.1. The third-order valence-corrected chi connectivity index (χ3v) is 5.31. The van der Waals surface area contributed by atoms with Crippen LogP contribution < -0.4 is 9.62 Å². The van der Waals surface area contributed by atoms with Crippen LogP contribution in [0.2, 0.25) is 0 Å². The molecule has 0 saturated heterocycles. The molecule has 0 saturated carbocycles. The van der Waals surface area contributed by atoms with Gasteiger partial charge in [0.15, 0.2) is 0 Å². The molecule has 10 heteroatoms. The third-order valence-electron chi connectivity index (χ3n) is 4.14. The Kier molecular flexibility index (Phi) is 6.89. The molecule has 29 heavy (non-hydrogen) atoms. The van der Waals surface area contributed by atoms with Gasteiger partial charge in [-0.2, -0.15) is 13.2 Å². The van der Waals surface area contributed by atoms with Crippen molar-refractivity contribution in [2.45, 2.75) is 32.1 Å². The highest BCUT2D eigenvalue weighted by Gasteiger charge is 2.33. The Bertz CT molecular complexity index is 977. The number of hydrogen-bond donors (Lipinski definition) is 1. The van der Waals surface area contributed by atoms with Crippen molar-refractivity contribution in [3.63, 3.8) is 0 Å². The summed E-state index contributed by atoms with van der Waals surface area (Å²) in [6.45, 7) is 1.31. The fourth-order valence-electron chi connectivity index (χ4n) is 2.83. The first-order valence-electron chi connectivity index (χ1n) is 8.63. The molecule has 158 valence electrons. The Morgan fingerprint density at radius 2 is 1.79 bits per heavy atom. The molecule has 5 nitrogen and oxygen atoms in total. The number of nitrogens with zero attached hydrogens (tertiary/aromatic N) is 1. The molecule has 1 atom stereocenters. The Labute approximate surface area is 166 Å². The lowest BCUT2D eigenvalue weighted by Gasteiger charge is -2.30. The molecule has 2 aromatic carbocycles. The van der Waals surface area contributed by atoms with E-state index in [-0.39, 0.29) is 24.2 Å². The van der Waals surface area contributed by atoms with E-state index in [0.29, 0.717) is 4.31 Å². The van der Waals surface area contributed by atoms with Crippen molar-refractivity contribution in [2.75, 3.05) is 10.6 Å². The number of amides is 1. The number of anilines is 1. The van der Waals surface area contributed by atoms with Gasteiger partial charge in [-0.25, -0.2) is 12.8 Å². The summed E-state index contributed by atoms with van der Waals surface area (Å²) in [5.41, 5.74) is -0.948. The summed E-state index contributed by atoms with van der Waals surface area (Å²) in [5.74, 6) is -1.57. The number of rotatable bonds is 7. The number of carbonyl (C=O) groups excluding carboxylic acids is 1. The monoisotopic (exact) mass is 432 g/mol. The first-order valence-corrected chi connectivity index (χ1v) is 10.5. The maximum absolute atomic E-state index is 14.2. The lowest BCUT2D eigenvalue weighted by molar-refractivity contribution is -0.137. The van der Waals surface area contributed by atoms with Crippen molar-refractivity contribution < 1.29 is 30.8 Å². The first kappa shape index (κ1) is 22.7. The molecule has 0 aliphatic rings. The van der Waals surface area contributed by atoms with Crippen molar-refractivity contribution >= 4 is 21.6 Å². The van der Waals surface area contributed by atoms with Crippen LogP contribution >= 0.6 is 0 Å². The van der Waals surface area contributed by atoms with Gasteiger partial charge in [0.1, 0.15) is 11.9 Å². The summed E-state index contributed by atoms with van der Waals surface area (Å²) < 4.78 is 77.9. The number of hydrogen-bond acceptors (Lipinski definition) is 3.